The number of benzene rings is 2. The van der Waals surface area contributed by atoms with Gasteiger partial charge in [-0.3, -0.25) is 4.79 Å². The Balaban J connectivity index is 0.00000288. The van der Waals surface area contributed by atoms with Crippen molar-refractivity contribution in [3.8, 4) is 11.5 Å². The molecule has 6 heteroatoms. The molecule has 0 atom stereocenters. The first-order valence-electron chi connectivity index (χ1n) is 7.37. The van der Waals surface area contributed by atoms with Gasteiger partial charge in [-0.1, -0.05) is 18.2 Å². The van der Waals surface area contributed by atoms with Crippen LogP contribution in [0, 0.1) is 6.92 Å². The second-order valence-corrected chi connectivity index (χ2v) is 5.15. The maximum absolute atomic E-state index is 12.6. The molecule has 0 aliphatic carbocycles. The van der Waals surface area contributed by atoms with Crippen LogP contribution < -0.4 is 20.1 Å². The zero-order valence-corrected chi connectivity index (χ0v) is 15.1. The summed E-state index contributed by atoms with van der Waals surface area (Å²) >= 11 is 0. The van der Waals surface area contributed by atoms with Crippen molar-refractivity contribution in [1.29, 1.82) is 0 Å². The topological polar surface area (TPSA) is 59.6 Å². The average molecular weight is 351 g/mol. The molecule has 0 aliphatic heterocycles. The van der Waals surface area contributed by atoms with Crippen LogP contribution in [0.4, 0.5) is 5.69 Å². The Labute approximate surface area is 148 Å². The molecule has 0 fully saturated rings. The summed E-state index contributed by atoms with van der Waals surface area (Å²) in [5.74, 6) is 1.04. The summed E-state index contributed by atoms with van der Waals surface area (Å²) in [5, 5.41) is 6.03. The Morgan fingerprint density at radius 2 is 1.67 bits per heavy atom. The van der Waals surface area contributed by atoms with Gasteiger partial charge in [-0.25, -0.2) is 0 Å². The fraction of sp³-hybridized carbons (Fsp3) is 0.278. The third kappa shape index (κ3) is 4.40. The average Bonchev–Trinajstić information content (AvgIpc) is 2.57. The van der Waals surface area contributed by atoms with Crippen LogP contribution in [0.15, 0.2) is 36.4 Å². The molecule has 0 unspecified atom stereocenters. The highest BCUT2D eigenvalue weighted by atomic mass is 35.5. The van der Waals surface area contributed by atoms with Gasteiger partial charge in [0.2, 0.25) is 0 Å². The molecule has 0 saturated heterocycles. The fourth-order valence-corrected chi connectivity index (χ4v) is 2.40. The number of amides is 1. The van der Waals surface area contributed by atoms with Gasteiger partial charge in [0, 0.05) is 23.4 Å². The third-order valence-corrected chi connectivity index (χ3v) is 3.65. The van der Waals surface area contributed by atoms with E-state index in [9.17, 15) is 4.79 Å². The molecule has 0 radical (unpaired) electrons. The summed E-state index contributed by atoms with van der Waals surface area (Å²) in [6.45, 7) is 2.57. The van der Waals surface area contributed by atoms with Crippen molar-refractivity contribution in [2.45, 2.75) is 13.5 Å². The van der Waals surface area contributed by atoms with Gasteiger partial charge in [-0.15, -0.1) is 12.4 Å². The quantitative estimate of drug-likeness (QED) is 0.838. The maximum Gasteiger partial charge on any atom is 0.255 e. The van der Waals surface area contributed by atoms with Crippen molar-refractivity contribution in [2.75, 3.05) is 26.6 Å². The zero-order valence-electron chi connectivity index (χ0n) is 14.3. The molecule has 2 rings (SSSR count). The smallest absolute Gasteiger partial charge is 0.255 e. The van der Waals surface area contributed by atoms with Crippen LogP contribution in [-0.2, 0) is 6.54 Å². The Kier molecular flexibility index (Phi) is 7.55. The number of halogens is 1. The number of nitrogens with one attached hydrogen (secondary N) is 2. The monoisotopic (exact) mass is 350 g/mol. The van der Waals surface area contributed by atoms with E-state index in [0.29, 0.717) is 23.6 Å². The van der Waals surface area contributed by atoms with E-state index >= 15 is 0 Å². The van der Waals surface area contributed by atoms with E-state index in [0.717, 1.165) is 16.8 Å². The van der Waals surface area contributed by atoms with Crippen LogP contribution in [0.3, 0.4) is 0 Å². The number of hydrogen-bond donors (Lipinski definition) is 2. The summed E-state index contributed by atoms with van der Waals surface area (Å²) in [7, 11) is 5.02. The molecule has 5 nitrogen and oxygen atoms in total. The van der Waals surface area contributed by atoms with E-state index in [1.807, 2.05) is 38.2 Å². The van der Waals surface area contributed by atoms with Crippen molar-refractivity contribution in [3.63, 3.8) is 0 Å². The van der Waals surface area contributed by atoms with E-state index in [-0.39, 0.29) is 18.3 Å². The molecule has 0 aliphatic rings. The Morgan fingerprint density at radius 3 is 2.21 bits per heavy atom. The molecule has 1 amide bonds. The lowest BCUT2D eigenvalue weighted by atomic mass is 10.1. The first-order chi connectivity index (χ1) is 11.1. The van der Waals surface area contributed by atoms with Gasteiger partial charge in [0.15, 0.2) is 0 Å². The molecule has 2 aromatic rings. The summed E-state index contributed by atoms with van der Waals surface area (Å²) in [6.07, 6.45) is 0. The highest BCUT2D eigenvalue weighted by Gasteiger charge is 2.14. The second-order valence-electron chi connectivity index (χ2n) is 5.15. The standard InChI is InChI=1S/C18H22N2O3.ClH/c1-12-16(22-3)9-14(10-17(12)23-4)18(21)20-15-8-6-5-7-13(15)11-19-2;/h5-10,19H,11H2,1-4H3,(H,20,21);1H. The summed E-state index contributed by atoms with van der Waals surface area (Å²) in [4.78, 5) is 12.6. The molecular weight excluding hydrogens is 328 g/mol. The lowest BCUT2D eigenvalue weighted by molar-refractivity contribution is 0.102. The lowest BCUT2D eigenvalue weighted by Crippen LogP contribution is -2.15. The lowest BCUT2D eigenvalue weighted by Gasteiger charge is -2.14. The van der Waals surface area contributed by atoms with E-state index in [1.54, 1.807) is 26.4 Å². The number of para-hydroxylation sites is 1. The van der Waals surface area contributed by atoms with E-state index in [4.69, 9.17) is 9.47 Å². The normalized spacial score (nSPS) is 9.83. The minimum atomic E-state index is -0.204. The van der Waals surface area contributed by atoms with Crippen molar-refractivity contribution in [3.05, 3.63) is 53.1 Å². The van der Waals surface area contributed by atoms with Gasteiger partial charge in [-0.05, 0) is 37.7 Å². The van der Waals surface area contributed by atoms with Crippen molar-refractivity contribution in [1.82, 2.24) is 5.32 Å². The van der Waals surface area contributed by atoms with Gasteiger partial charge >= 0.3 is 0 Å². The number of hydrogen-bond acceptors (Lipinski definition) is 4. The fourth-order valence-electron chi connectivity index (χ4n) is 2.40. The van der Waals surface area contributed by atoms with E-state index in [2.05, 4.69) is 10.6 Å². The van der Waals surface area contributed by atoms with Crippen LogP contribution in [0.5, 0.6) is 11.5 Å². The number of carbonyl (C=O) groups is 1. The predicted octanol–water partition coefficient (Wildman–Crippen LogP) is 3.41. The first kappa shape index (κ1) is 19.8. The van der Waals surface area contributed by atoms with Gasteiger partial charge in [0.05, 0.1) is 14.2 Å². The van der Waals surface area contributed by atoms with Crippen LogP contribution >= 0.6 is 12.4 Å². The minimum absolute atomic E-state index is 0. The highest BCUT2D eigenvalue weighted by Crippen LogP contribution is 2.30. The first-order valence-corrected chi connectivity index (χ1v) is 7.37. The van der Waals surface area contributed by atoms with E-state index in [1.165, 1.54) is 0 Å². The molecule has 0 spiro atoms. The van der Waals surface area contributed by atoms with Gasteiger partial charge < -0.3 is 20.1 Å². The SMILES string of the molecule is CNCc1ccccc1NC(=O)c1cc(OC)c(C)c(OC)c1.Cl. The number of methoxy groups -OCH3 is 2. The third-order valence-electron chi connectivity index (χ3n) is 3.65. The number of anilines is 1. The molecule has 130 valence electrons. The molecule has 0 saturated carbocycles. The molecule has 2 N–H and O–H groups in total. The predicted molar refractivity (Wildman–Crippen MR) is 98.7 cm³/mol. The van der Waals surface area contributed by atoms with Gasteiger partial charge in [0.1, 0.15) is 11.5 Å². The van der Waals surface area contributed by atoms with Gasteiger partial charge in [-0.2, -0.15) is 0 Å². The Bertz CT molecular complexity index is 679. The molecule has 2 aromatic carbocycles. The number of carbonyl (C=O) groups excluding carboxylic acids is 1. The largest absolute Gasteiger partial charge is 0.496 e. The minimum Gasteiger partial charge on any atom is -0.496 e. The van der Waals surface area contributed by atoms with E-state index < -0.39 is 0 Å². The summed E-state index contributed by atoms with van der Waals surface area (Å²) in [6, 6.07) is 11.1. The Morgan fingerprint density at radius 1 is 1.08 bits per heavy atom. The van der Waals surface area contributed by atoms with Crippen LogP contribution in [-0.4, -0.2) is 27.2 Å². The molecule has 0 aromatic heterocycles. The Hall–Kier alpha value is -2.24. The van der Waals surface area contributed by atoms with Crippen LogP contribution in [0.2, 0.25) is 0 Å². The van der Waals surface area contributed by atoms with Crippen LogP contribution in [0.25, 0.3) is 0 Å². The van der Waals surface area contributed by atoms with Crippen LogP contribution in [0.1, 0.15) is 21.5 Å². The molecular formula is C18H23ClN2O3. The zero-order chi connectivity index (χ0) is 16.8. The maximum atomic E-state index is 12.6. The molecule has 0 heterocycles. The number of ether oxygens (including phenoxy) is 2. The molecule has 0 bridgehead atoms. The second kappa shape index (κ2) is 9.15. The van der Waals surface area contributed by atoms with Crippen molar-refractivity contribution >= 4 is 24.0 Å². The van der Waals surface area contributed by atoms with Crippen molar-refractivity contribution < 1.29 is 14.3 Å². The van der Waals surface area contributed by atoms with Gasteiger partial charge in [0.25, 0.3) is 5.91 Å². The highest BCUT2D eigenvalue weighted by molar-refractivity contribution is 6.05. The summed E-state index contributed by atoms with van der Waals surface area (Å²) in [5.41, 5.74) is 3.16. The number of rotatable bonds is 6. The molecule has 24 heavy (non-hydrogen) atoms. The summed E-state index contributed by atoms with van der Waals surface area (Å²) < 4.78 is 10.6. The van der Waals surface area contributed by atoms with Crippen molar-refractivity contribution in [2.24, 2.45) is 0 Å².